The summed E-state index contributed by atoms with van der Waals surface area (Å²) in [5, 5.41) is 2.96. The smallest absolute Gasteiger partial charge is 0.265 e. The number of hydrogen-bond donors (Lipinski definition) is 1. The van der Waals surface area contributed by atoms with Crippen molar-refractivity contribution in [2.24, 2.45) is 5.92 Å². The first-order valence-electron chi connectivity index (χ1n) is 8.01. The Morgan fingerprint density at radius 3 is 2.91 bits per heavy atom. The summed E-state index contributed by atoms with van der Waals surface area (Å²) in [6.45, 7) is 3.38. The zero-order valence-electron chi connectivity index (χ0n) is 13.1. The Bertz CT molecular complexity index is 753. The van der Waals surface area contributed by atoms with Gasteiger partial charge in [0.1, 0.15) is 13.2 Å². The average Bonchev–Trinajstić information content (AvgIpc) is 2.98. The van der Waals surface area contributed by atoms with Crippen LogP contribution in [0.4, 0.5) is 5.69 Å². The van der Waals surface area contributed by atoms with Crippen LogP contribution in [-0.4, -0.2) is 19.1 Å². The summed E-state index contributed by atoms with van der Waals surface area (Å²) in [7, 11) is 0. The number of ether oxygens (including phenoxy) is 2. The highest BCUT2D eigenvalue weighted by molar-refractivity contribution is 7.14. The van der Waals surface area contributed by atoms with E-state index in [1.807, 2.05) is 18.2 Å². The molecule has 0 radical (unpaired) electrons. The molecule has 2 heterocycles. The SMILES string of the molecule is C[C@H]1CCc2sc(C(=O)Nc3ccc4c(c3)OCCO4)cc2C1. The van der Waals surface area contributed by atoms with Crippen molar-refractivity contribution < 1.29 is 14.3 Å². The number of benzene rings is 1. The minimum absolute atomic E-state index is 0.0475. The molecule has 1 aliphatic heterocycles. The molecule has 1 aliphatic carbocycles. The van der Waals surface area contributed by atoms with Crippen molar-refractivity contribution in [3.8, 4) is 11.5 Å². The average molecular weight is 329 g/mol. The molecule has 0 unspecified atom stereocenters. The van der Waals surface area contributed by atoms with Gasteiger partial charge in [-0.1, -0.05) is 6.92 Å². The predicted octanol–water partition coefficient (Wildman–Crippen LogP) is 3.90. The van der Waals surface area contributed by atoms with Gasteiger partial charge in [0.05, 0.1) is 4.88 Å². The lowest BCUT2D eigenvalue weighted by atomic mass is 9.90. The molecule has 4 nitrogen and oxygen atoms in total. The molecule has 0 spiro atoms. The number of anilines is 1. The van der Waals surface area contributed by atoms with Crippen molar-refractivity contribution in [2.75, 3.05) is 18.5 Å². The van der Waals surface area contributed by atoms with Crippen LogP contribution in [0, 0.1) is 5.92 Å². The maximum atomic E-state index is 12.5. The number of amides is 1. The van der Waals surface area contributed by atoms with Crippen LogP contribution in [0.5, 0.6) is 11.5 Å². The summed E-state index contributed by atoms with van der Waals surface area (Å²) in [6, 6.07) is 7.57. The number of carbonyl (C=O) groups is 1. The van der Waals surface area contributed by atoms with Gasteiger partial charge in [0.15, 0.2) is 11.5 Å². The number of hydrogen-bond acceptors (Lipinski definition) is 4. The zero-order chi connectivity index (χ0) is 15.8. The van der Waals surface area contributed by atoms with Crippen LogP contribution in [0.3, 0.4) is 0 Å². The number of rotatable bonds is 2. The number of aryl methyl sites for hydroxylation is 1. The van der Waals surface area contributed by atoms with Gasteiger partial charge in [-0.3, -0.25) is 4.79 Å². The second kappa shape index (κ2) is 5.89. The molecule has 2 aromatic rings. The third-order valence-corrected chi connectivity index (χ3v) is 5.59. The van der Waals surface area contributed by atoms with E-state index in [0.717, 1.165) is 29.2 Å². The summed E-state index contributed by atoms with van der Waals surface area (Å²) in [4.78, 5) is 14.7. The maximum absolute atomic E-state index is 12.5. The Hall–Kier alpha value is -2.01. The number of carbonyl (C=O) groups excluding carboxylic acids is 1. The van der Waals surface area contributed by atoms with Crippen LogP contribution in [0.2, 0.25) is 0 Å². The van der Waals surface area contributed by atoms with Crippen molar-refractivity contribution in [3.05, 3.63) is 39.6 Å². The molecule has 0 saturated heterocycles. The zero-order valence-corrected chi connectivity index (χ0v) is 13.9. The third kappa shape index (κ3) is 2.93. The van der Waals surface area contributed by atoms with E-state index in [1.165, 1.54) is 16.9 Å². The van der Waals surface area contributed by atoms with E-state index in [1.54, 1.807) is 11.3 Å². The third-order valence-electron chi connectivity index (χ3n) is 4.35. The molecule has 1 amide bonds. The van der Waals surface area contributed by atoms with Gasteiger partial charge < -0.3 is 14.8 Å². The van der Waals surface area contributed by atoms with Crippen LogP contribution in [0.15, 0.2) is 24.3 Å². The molecule has 5 heteroatoms. The standard InChI is InChI=1S/C18H19NO3S/c1-11-2-5-16-12(8-11)9-17(23-16)18(20)19-13-3-4-14-15(10-13)22-7-6-21-14/h3-4,9-11H,2,5-8H2,1H3,(H,19,20)/t11-/m0/s1. The van der Waals surface area contributed by atoms with Crippen molar-refractivity contribution in [3.63, 3.8) is 0 Å². The van der Waals surface area contributed by atoms with E-state index < -0.39 is 0 Å². The van der Waals surface area contributed by atoms with Crippen molar-refractivity contribution >= 4 is 22.9 Å². The van der Waals surface area contributed by atoms with Gasteiger partial charge in [0.25, 0.3) is 5.91 Å². The second-order valence-electron chi connectivity index (χ2n) is 6.22. The summed E-state index contributed by atoms with van der Waals surface area (Å²) in [5.74, 6) is 2.09. The fraction of sp³-hybridized carbons (Fsp3) is 0.389. The monoisotopic (exact) mass is 329 g/mol. The summed E-state index contributed by atoms with van der Waals surface area (Å²) >= 11 is 1.63. The van der Waals surface area contributed by atoms with Crippen LogP contribution in [0.1, 0.15) is 33.5 Å². The van der Waals surface area contributed by atoms with Gasteiger partial charge in [0.2, 0.25) is 0 Å². The first-order chi connectivity index (χ1) is 11.2. The quantitative estimate of drug-likeness (QED) is 0.909. The van der Waals surface area contributed by atoms with Crippen molar-refractivity contribution in [1.82, 2.24) is 0 Å². The molecule has 23 heavy (non-hydrogen) atoms. The Morgan fingerprint density at radius 2 is 2.04 bits per heavy atom. The predicted molar refractivity (Wildman–Crippen MR) is 90.9 cm³/mol. The fourth-order valence-corrected chi connectivity index (χ4v) is 4.24. The molecule has 1 atom stereocenters. The summed E-state index contributed by atoms with van der Waals surface area (Å²) in [5.41, 5.74) is 2.08. The van der Waals surface area contributed by atoms with E-state index in [9.17, 15) is 4.79 Å². The highest BCUT2D eigenvalue weighted by Crippen LogP contribution is 2.34. The molecule has 0 saturated carbocycles. The minimum atomic E-state index is -0.0475. The van der Waals surface area contributed by atoms with Crippen LogP contribution in [-0.2, 0) is 12.8 Å². The van der Waals surface area contributed by atoms with E-state index in [-0.39, 0.29) is 5.91 Å². The van der Waals surface area contributed by atoms with E-state index >= 15 is 0 Å². The van der Waals surface area contributed by atoms with Gasteiger partial charge >= 0.3 is 0 Å². The van der Waals surface area contributed by atoms with Crippen molar-refractivity contribution in [1.29, 1.82) is 0 Å². The summed E-state index contributed by atoms with van der Waals surface area (Å²) < 4.78 is 11.1. The van der Waals surface area contributed by atoms with Gasteiger partial charge in [-0.25, -0.2) is 0 Å². The molecule has 1 N–H and O–H groups in total. The van der Waals surface area contributed by atoms with E-state index in [0.29, 0.717) is 24.9 Å². The van der Waals surface area contributed by atoms with Gasteiger partial charge in [-0.15, -0.1) is 11.3 Å². The maximum Gasteiger partial charge on any atom is 0.265 e. The second-order valence-corrected chi connectivity index (χ2v) is 7.36. The molecule has 1 aromatic carbocycles. The molecule has 1 aromatic heterocycles. The fourth-order valence-electron chi connectivity index (χ4n) is 3.13. The van der Waals surface area contributed by atoms with Crippen LogP contribution >= 0.6 is 11.3 Å². The van der Waals surface area contributed by atoms with Crippen molar-refractivity contribution in [2.45, 2.75) is 26.2 Å². The van der Waals surface area contributed by atoms with E-state index in [4.69, 9.17) is 9.47 Å². The minimum Gasteiger partial charge on any atom is -0.486 e. The molecule has 4 rings (SSSR count). The highest BCUT2D eigenvalue weighted by Gasteiger charge is 2.21. The van der Waals surface area contributed by atoms with Crippen LogP contribution < -0.4 is 14.8 Å². The largest absolute Gasteiger partial charge is 0.486 e. The molecular formula is C18H19NO3S. The lowest BCUT2D eigenvalue weighted by molar-refractivity contribution is 0.103. The molecule has 0 bridgehead atoms. The normalized spacial score (nSPS) is 19.1. The van der Waals surface area contributed by atoms with Gasteiger partial charge in [0, 0.05) is 16.6 Å². The lowest BCUT2D eigenvalue weighted by Gasteiger charge is -2.18. The van der Waals surface area contributed by atoms with Gasteiger partial charge in [-0.05, 0) is 48.9 Å². The Labute approximate surface area is 139 Å². The Balaban J connectivity index is 1.52. The Kier molecular flexibility index (Phi) is 3.73. The first kappa shape index (κ1) is 14.6. The molecule has 2 aliphatic rings. The first-order valence-corrected chi connectivity index (χ1v) is 8.83. The summed E-state index contributed by atoms with van der Waals surface area (Å²) in [6.07, 6.45) is 3.40. The number of thiophene rings is 1. The molecular weight excluding hydrogens is 310 g/mol. The Morgan fingerprint density at radius 1 is 1.22 bits per heavy atom. The van der Waals surface area contributed by atoms with Crippen LogP contribution in [0.25, 0.3) is 0 Å². The number of fused-ring (bicyclic) bond motifs is 2. The highest BCUT2D eigenvalue weighted by atomic mass is 32.1. The molecule has 0 fully saturated rings. The topological polar surface area (TPSA) is 47.6 Å². The van der Waals surface area contributed by atoms with Gasteiger partial charge in [-0.2, -0.15) is 0 Å². The van der Waals surface area contributed by atoms with E-state index in [2.05, 4.69) is 18.3 Å². The lowest BCUT2D eigenvalue weighted by Crippen LogP contribution is -2.16. The number of nitrogens with one attached hydrogen (secondary N) is 1. The molecule has 120 valence electrons.